The molecule has 0 spiro atoms. The number of benzene rings is 8. The fourth-order valence-electron chi connectivity index (χ4n) is 9.78. The Morgan fingerprint density at radius 1 is 0.389 bits per heavy atom. The first-order valence-corrected chi connectivity index (χ1v) is 18.9. The van der Waals surface area contributed by atoms with Crippen LogP contribution in [0.3, 0.4) is 0 Å². The third-order valence-electron chi connectivity index (χ3n) is 12.2. The lowest BCUT2D eigenvalue weighted by Gasteiger charge is -2.29. The summed E-state index contributed by atoms with van der Waals surface area (Å²) < 4.78 is 5.07. The molecule has 0 radical (unpaired) electrons. The average Bonchev–Trinajstić information content (AvgIpc) is 3.82. The SMILES string of the molecule is CC1(C)c2ccccc2-c2ccc(N(c3ccc(-c4ccccc4)cc3)c3cccc4c3n3c5ccccc5c5ccc6c7ccccc7n4c6c53)cc21. The van der Waals surface area contributed by atoms with E-state index in [4.69, 9.17) is 0 Å². The fourth-order valence-corrected chi connectivity index (χ4v) is 9.78. The van der Waals surface area contributed by atoms with Gasteiger partial charge < -0.3 is 13.7 Å². The van der Waals surface area contributed by atoms with Gasteiger partial charge in [-0.25, -0.2) is 0 Å². The van der Waals surface area contributed by atoms with Crippen LogP contribution in [0.1, 0.15) is 25.0 Å². The second-order valence-electron chi connectivity index (χ2n) is 15.4. The van der Waals surface area contributed by atoms with Crippen molar-refractivity contribution in [2.75, 3.05) is 4.90 Å². The molecule has 254 valence electrons. The van der Waals surface area contributed by atoms with Crippen LogP contribution in [0.4, 0.5) is 17.1 Å². The summed E-state index contributed by atoms with van der Waals surface area (Å²) in [5.74, 6) is 0. The monoisotopic (exact) mass is 689 g/mol. The molecule has 1 aliphatic carbocycles. The molecule has 3 heteroatoms. The summed E-state index contributed by atoms with van der Waals surface area (Å²) in [6.07, 6.45) is 0. The molecular formula is C51H35N3. The van der Waals surface area contributed by atoms with Gasteiger partial charge in [0, 0.05) is 38.3 Å². The zero-order valence-electron chi connectivity index (χ0n) is 30.1. The second-order valence-corrected chi connectivity index (χ2v) is 15.4. The molecule has 54 heavy (non-hydrogen) atoms. The zero-order valence-corrected chi connectivity index (χ0v) is 30.1. The highest BCUT2D eigenvalue weighted by Crippen LogP contribution is 2.52. The highest BCUT2D eigenvalue weighted by atomic mass is 15.2. The largest absolute Gasteiger partial charge is 0.308 e. The summed E-state index contributed by atoms with van der Waals surface area (Å²) in [4.78, 5) is 2.49. The summed E-state index contributed by atoms with van der Waals surface area (Å²) in [6, 6.07) is 65.1. The molecule has 0 saturated heterocycles. The summed E-state index contributed by atoms with van der Waals surface area (Å²) in [7, 11) is 0. The topological polar surface area (TPSA) is 12.1 Å². The number of para-hydroxylation sites is 3. The number of nitrogens with zero attached hydrogens (tertiary/aromatic N) is 3. The lowest BCUT2D eigenvalue weighted by molar-refractivity contribution is 0.660. The number of hydrogen-bond acceptors (Lipinski definition) is 1. The van der Waals surface area contributed by atoms with Crippen LogP contribution >= 0.6 is 0 Å². The fraction of sp³-hybridized carbons (Fsp3) is 0.0588. The van der Waals surface area contributed by atoms with Gasteiger partial charge in [-0.15, -0.1) is 0 Å². The van der Waals surface area contributed by atoms with Gasteiger partial charge >= 0.3 is 0 Å². The Hall–Kier alpha value is -6.84. The van der Waals surface area contributed by atoms with E-state index in [0.717, 1.165) is 17.1 Å². The van der Waals surface area contributed by atoms with E-state index < -0.39 is 0 Å². The van der Waals surface area contributed by atoms with Gasteiger partial charge in [0.25, 0.3) is 0 Å². The van der Waals surface area contributed by atoms with E-state index in [9.17, 15) is 0 Å². The Morgan fingerprint density at radius 2 is 0.963 bits per heavy atom. The maximum absolute atomic E-state index is 2.55. The van der Waals surface area contributed by atoms with E-state index in [1.54, 1.807) is 0 Å². The third kappa shape index (κ3) is 3.80. The first-order valence-electron chi connectivity index (χ1n) is 18.9. The number of rotatable bonds is 4. The number of aromatic nitrogens is 2. The molecule has 8 aromatic carbocycles. The molecule has 3 aromatic heterocycles. The van der Waals surface area contributed by atoms with Crippen LogP contribution in [0, 0.1) is 0 Å². The van der Waals surface area contributed by atoms with Crippen LogP contribution < -0.4 is 4.90 Å². The molecule has 0 bridgehead atoms. The van der Waals surface area contributed by atoms with Crippen LogP contribution in [0.15, 0.2) is 176 Å². The van der Waals surface area contributed by atoms with E-state index in [-0.39, 0.29) is 5.41 Å². The Kier molecular flexibility index (Phi) is 5.84. The van der Waals surface area contributed by atoms with Crippen molar-refractivity contribution in [3.05, 3.63) is 187 Å². The second kappa shape index (κ2) is 10.6. The molecular weight excluding hydrogens is 655 g/mol. The zero-order chi connectivity index (χ0) is 35.7. The molecule has 0 unspecified atom stereocenters. The quantitative estimate of drug-likeness (QED) is 0.168. The van der Waals surface area contributed by atoms with Crippen molar-refractivity contribution in [1.82, 2.24) is 8.80 Å². The first kappa shape index (κ1) is 29.7. The smallest absolute Gasteiger partial charge is 0.0947 e. The van der Waals surface area contributed by atoms with E-state index in [0.29, 0.717) is 0 Å². The third-order valence-corrected chi connectivity index (χ3v) is 12.2. The normalized spacial score (nSPS) is 13.5. The van der Waals surface area contributed by atoms with Crippen LogP contribution in [0.5, 0.6) is 0 Å². The Bertz CT molecular complexity index is 3290. The van der Waals surface area contributed by atoms with Gasteiger partial charge in [-0.3, -0.25) is 0 Å². The van der Waals surface area contributed by atoms with Crippen LogP contribution in [-0.2, 0) is 5.41 Å². The molecule has 0 amide bonds. The molecule has 0 atom stereocenters. The molecule has 11 aromatic rings. The van der Waals surface area contributed by atoms with Gasteiger partial charge in [0.05, 0.1) is 38.8 Å². The highest BCUT2D eigenvalue weighted by molar-refractivity contribution is 6.26. The van der Waals surface area contributed by atoms with Gasteiger partial charge in [0.1, 0.15) is 0 Å². The van der Waals surface area contributed by atoms with E-state index >= 15 is 0 Å². The summed E-state index contributed by atoms with van der Waals surface area (Å²) in [6.45, 7) is 4.74. The summed E-state index contributed by atoms with van der Waals surface area (Å²) in [5, 5.41) is 5.10. The first-order chi connectivity index (χ1) is 26.6. The Balaban J connectivity index is 1.21. The minimum absolute atomic E-state index is 0.127. The highest BCUT2D eigenvalue weighted by Gasteiger charge is 2.36. The minimum atomic E-state index is -0.127. The summed E-state index contributed by atoms with van der Waals surface area (Å²) >= 11 is 0. The average molecular weight is 690 g/mol. The number of hydrogen-bond donors (Lipinski definition) is 0. The maximum Gasteiger partial charge on any atom is 0.0947 e. The number of fused-ring (bicyclic) bond motifs is 12. The molecule has 0 aliphatic heterocycles. The minimum Gasteiger partial charge on any atom is -0.308 e. The van der Waals surface area contributed by atoms with Crippen molar-refractivity contribution in [3.8, 4) is 22.3 Å². The lowest BCUT2D eigenvalue weighted by Crippen LogP contribution is -2.17. The van der Waals surface area contributed by atoms with Crippen molar-refractivity contribution >= 4 is 71.7 Å². The van der Waals surface area contributed by atoms with Crippen molar-refractivity contribution in [1.29, 1.82) is 0 Å². The van der Waals surface area contributed by atoms with Gasteiger partial charge in [0.2, 0.25) is 0 Å². The van der Waals surface area contributed by atoms with Crippen molar-refractivity contribution in [2.24, 2.45) is 0 Å². The van der Waals surface area contributed by atoms with Crippen LogP contribution in [0.2, 0.25) is 0 Å². The van der Waals surface area contributed by atoms with Gasteiger partial charge in [-0.05, 0) is 81.9 Å². The van der Waals surface area contributed by atoms with Crippen LogP contribution in [-0.4, -0.2) is 8.80 Å². The van der Waals surface area contributed by atoms with Crippen molar-refractivity contribution in [3.63, 3.8) is 0 Å². The van der Waals surface area contributed by atoms with Crippen LogP contribution in [0.25, 0.3) is 76.9 Å². The van der Waals surface area contributed by atoms with Gasteiger partial charge in [-0.2, -0.15) is 0 Å². The Labute approximate surface area is 312 Å². The van der Waals surface area contributed by atoms with E-state index in [2.05, 4.69) is 203 Å². The van der Waals surface area contributed by atoms with Crippen molar-refractivity contribution in [2.45, 2.75) is 19.3 Å². The van der Waals surface area contributed by atoms with Crippen molar-refractivity contribution < 1.29 is 0 Å². The van der Waals surface area contributed by atoms with E-state index in [1.807, 2.05) is 0 Å². The van der Waals surface area contributed by atoms with Gasteiger partial charge in [-0.1, -0.05) is 141 Å². The molecule has 3 nitrogen and oxygen atoms in total. The molecule has 0 fully saturated rings. The Morgan fingerprint density at radius 3 is 1.72 bits per heavy atom. The summed E-state index contributed by atoms with van der Waals surface area (Å²) in [5.41, 5.74) is 18.4. The predicted octanol–water partition coefficient (Wildman–Crippen LogP) is 13.7. The molecule has 3 heterocycles. The maximum atomic E-state index is 2.55. The lowest BCUT2D eigenvalue weighted by atomic mass is 9.82. The predicted molar refractivity (Wildman–Crippen MR) is 227 cm³/mol. The number of anilines is 3. The molecule has 1 aliphatic rings. The standard InChI is InChI=1S/C51H35N3/c1-51(2)42-18-9-6-15-36(42)37-28-27-35(31-43(37)51)52(34-25-23-33(24-26-34)32-13-4-3-5-14-32)46-21-12-22-47-50(46)54-45-20-11-8-17-39(45)41-30-29-40-38-16-7-10-19-44(38)53(47)48(40)49(41)54/h3-31H,1-2H3. The molecule has 12 rings (SSSR count). The van der Waals surface area contributed by atoms with E-state index in [1.165, 1.54) is 88.0 Å². The van der Waals surface area contributed by atoms with Gasteiger partial charge in [0.15, 0.2) is 0 Å². The molecule has 0 N–H and O–H groups in total. The molecule has 0 saturated carbocycles.